The molecule has 108 valence electrons. The number of hydrogen-bond acceptors (Lipinski definition) is 4. The molecular formula is C13H21NO5. The summed E-state index contributed by atoms with van der Waals surface area (Å²) in [6, 6.07) is 0. The van der Waals surface area contributed by atoms with E-state index in [0.717, 1.165) is 12.8 Å². The molecule has 2 aliphatic heterocycles. The number of nitrogens with zero attached hydrogens (tertiary/aromatic N) is 1. The highest BCUT2D eigenvalue weighted by molar-refractivity contribution is 5.84. The average molecular weight is 271 g/mol. The summed E-state index contributed by atoms with van der Waals surface area (Å²) < 4.78 is 11.2. The topological polar surface area (TPSA) is 76.1 Å². The van der Waals surface area contributed by atoms with E-state index in [4.69, 9.17) is 14.6 Å². The van der Waals surface area contributed by atoms with Gasteiger partial charge in [-0.3, -0.25) is 9.59 Å². The van der Waals surface area contributed by atoms with Crippen LogP contribution in [0, 0.1) is 11.8 Å². The Morgan fingerprint density at radius 3 is 2.42 bits per heavy atom. The number of carbonyl (C=O) groups excluding carboxylic acids is 1. The van der Waals surface area contributed by atoms with E-state index in [9.17, 15) is 9.59 Å². The first-order valence-corrected chi connectivity index (χ1v) is 6.75. The van der Waals surface area contributed by atoms with Crippen LogP contribution in [0.4, 0.5) is 0 Å². The third-order valence-corrected chi connectivity index (χ3v) is 4.07. The zero-order chi connectivity index (χ0) is 14.0. The van der Waals surface area contributed by atoms with Crippen molar-refractivity contribution in [3.63, 3.8) is 0 Å². The summed E-state index contributed by atoms with van der Waals surface area (Å²) in [5, 5.41) is 8.98. The van der Waals surface area contributed by atoms with E-state index in [1.165, 1.54) is 0 Å². The Kier molecular flexibility index (Phi) is 4.10. The van der Waals surface area contributed by atoms with Crippen molar-refractivity contribution in [1.29, 1.82) is 0 Å². The standard InChI is InChI=1S/C13H21NO5/c1-9(10(2)12(16)17)11(15)14-5-3-4-13(8-14)18-6-7-19-13/h9-10H,3-8H2,1-2H3,(H,16,17). The largest absolute Gasteiger partial charge is 0.481 e. The van der Waals surface area contributed by atoms with Gasteiger partial charge in [0.15, 0.2) is 5.79 Å². The summed E-state index contributed by atoms with van der Waals surface area (Å²) in [6.07, 6.45) is 1.61. The first-order chi connectivity index (χ1) is 8.95. The molecule has 2 rings (SSSR count). The minimum absolute atomic E-state index is 0.131. The highest BCUT2D eigenvalue weighted by atomic mass is 16.7. The van der Waals surface area contributed by atoms with Crippen LogP contribution >= 0.6 is 0 Å². The molecule has 2 unspecified atom stereocenters. The Balaban J connectivity index is 2.00. The number of likely N-dealkylation sites (tertiary alicyclic amines) is 1. The van der Waals surface area contributed by atoms with Crippen molar-refractivity contribution >= 4 is 11.9 Å². The van der Waals surface area contributed by atoms with Gasteiger partial charge in [-0.05, 0) is 6.42 Å². The van der Waals surface area contributed by atoms with Crippen molar-refractivity contribution in [2.24, 2.45) is 11.8 Å². The molecule has 1 spiro atoms. The van der Waals surface area contributed by atoms with E-state index in [1.807, 2.05) is 0 Å². The maximum absolute atomic E-state index is 12.3. The lowest BCUT2D eigenvalue weighted by molar-refractivity contribution is -0.195. The van der Waals surface area contributed by atoms with Gasteiger partial charge in [0.2, 0.25) is 5.91 Å². The van der Waals surface area contributed by atoms with Gasteiger partial charge in [-0.1, -0.05) is 13.8 Å². The fraction of sp³-hybridized carbons (Fsp3) is 0.846. The maximum Gasteiger partial charge on any atom is 0.307 e. The van der Waals surface area contributed by atoms with Gasteiger partial charge < -0.3 is 19.5 Å². The molecule has 19 heavy (non-hydrogen) atoms. The summed E-state index contributed by atoms with van der Waals surface area (Å²) in [7, 11) is 0. The Morgan fingerprint density at radius 1 is 1.21 bits per heavy atom. The highest BCUT2D eigenvalue weighted by Crippen LogP contribution is 2.31. The highest BCUT2D eigenvalue weighted by Gasteiger charge is 2.43. The van der Waals surface area contributed by atoms with Crippen LogP contribution in [0.15, 0.2) is 0 Å². The fourth-order valence-corrected chi connectivity index (χ4v) is 2.62. The molecule has 6 nitrogen and oxygen atoms in total. The third-order valence-electron chi connectivity index (χ3n) is 4.07. The Hall–Kier alpha value is -1.14. The molecule has 2 atom stereocenters. The molecule has 2 aliphatic rings. The minimum atomic E-state index is -0.944. The predicted molar refractivity (Wildman–Crippen MR) is 66.4 cm³/mol. The number of aliphatic carboxylic acids is 1. The molecule has 1 N–H and O–H groups in total. The van der Waals surface area contributed by atoms with Crippen LogP contribution in [-0.2, 0) is 19.1 Å². The molecule has 0 radical (unpaired) electrons. The van der Waals surface area contributed by atoms with Crippen LogP contribution < -0.4 is 0 Å². The number of carboxylic acid groups (broad SMARTS) is 1. The van der Waals surface area contributed by atoms with Gasteiger partial charge in [-0.2, -0.15) is 0 Å². The fourth-order valence-electron chi connectivity index (χ4n) is 2.62. The van der Waals surface area contributed by atoms with E-state index >= 15 is 0 Å². The van der Waals surface area contributed by atoms with Gasteiger partial charge in [0.25, 0.3) is 0 Å². The summed E-state index contributed by atoms with van der Waals surface area (Å²) in [5.41, 5.74) is 0. The van der Waals surface area contributed by atoms with Crippen molar-refractivity contribution in [2.75, 3.05) is 26.3 Å². The van der Waals surface area contributed by atoms with Crippen LogP contribution in [0.1, 0.15) is 26.7 Å². The lowest BCUT2D eigenvalue weighted by Gasteiger charge is -2.39. The average Bonchev–Trinajstić information content (AvgIpc) is 2.84. The molecule has 6 heteroatoms. The quantitative estimate of drug-likeness (QED) is 0.818. The third kappa shape index (κ3) is 2.90. The molecule has 2 saturated heterocycles. The first-order valence-electron chi connectivity index (χ1n) is 6.75. The Bertz CT molecular complexity index is 364. The zero-order valence-corrected chi connectivity index (χ0v) is 11.4. The smallest absolute Gasteiger partial charge is 0.307 e. The number of carboxylic acids is 1. The van der Waals surface area contributed by atoms with E-state index in [2.05, 4.69) is 0 Å². The number of piperidine rings is 1. The monoisotopic (exact) mass is 271 g/mol. The summed E-state index contributed by atoms with van der Waals surface area (Å²) in [6.45, 7) is 5.39. The van der Waals surface area contributed by atoms with Gasteiger partial charge in [0.05, 0.1) is 25.7 Å². The molecule has 2 heterocycles. The summed E-state index contributed by atoms with van der Waals surface area (Å²) in [4.78, 5) is 25.0. The molecule has 1 amide bonds. The second-order valence-corrected chi connectivity index (χ2v) is 5.39. The number of amides is 1. The SMILES string of the molecule is CC(C(=O)O)C(C)C(=O)N1CCCC2(C1)OCCO2. The minimum Gasteiger partial charge on any atom is -0.481 e. The van der Waals surface area contributed by atoms with E-state index in [1.54, 1.807) is 18.7 Å². The predicted octanol–water partition coefficient (Wildman–Crippen LogP) is 0.709. The van der Waals surface area contributed by atoms with Gasteiger partial charge in [-0.25, -0.2) is 0 Å². The van der Waals surface area contributed by atoms with E-state index in [0.29, 0.717) is 26.3 Å². The van der Waals surface area contributed by atoms with E-state index in [-0.39, 0.29) is 5.91 Å². The van der Waals surface area contributed by atoms with Crippen LogP contribution in [-0.4, -0.2) is 54.0 Å². The second-order valence-electron chi connectivity index (χ2n) is 5.39. The summed E-state index contributed by atoms with van der Waals surface area (Å²) in [5.74, 6) is -2.95. The van der Waals surface area contributed by atoms with Crippen LogP contribution in [0.3, 0.4) is 0 Å². The molecule has 0 bridgehead atoms. The summed E-state index contributed by atoms with van der Waals surface area (Å²) >= 11 is 0. The lowest BCUT2D eigenvalue weighted by Crippen LogP contribution is -2.53. The first kappa shape index (κ1) is 14.3. The van der Waals surface area contributed by atoms with E-state index < -0.39 is 23.6 Å². The lowest BCUT2D eigenvalue weighted by atomic mass is 9.93. The molecule has 2 fully saturated rings. The van der Waals surface area contributed by atoms with Gasteiger partial charge in [-0.15, -0.1) is 0 Å². The normalized spacial score (nSPS) is 25.3. The zero-order valence-electron chi connectivity index (χ0n) is 11.4. The molecule has 0 aromatic rings. The molecular weight excluding hydrogens is 250 g/mol. The number of ether oxygens (including phenoxy) is 2. The molecule has 0 saturated carbocycles. The number of hydrogen-bond donors (Lipinski definition) is 1. The van der Waals surface area contributed by atoms with Gasteiger partial charge >= 0.3 is 5.97 Å². The second kappa shape index (κ2) is 5.46. The number of rotatable bonds is 3. The van der Waals surface area contributed by atoms with Crippen molar-refractivity contribution < 1.29 is 24.2 Å². The maximum atomic E-state index is 12.3. The van der Waals surface area contributed by atoms with Crippen molar-refractivity contribution in [2.45, 2.75) is 32.5 Å². The molecule has 0 aromatic carbocycles. The molecule has 0 aliphatic carbocycles. The Morgan fingerprint density at radius 2 is 1.84 bits per heavy atom. The van der Waals surface area contributed by atoms with Crippen molar-refractivity contribution in [1.82, 2.24) is 4.90 Å². The Labute approximate surface area is 112 Å². The van der Waals surface area contributed by atoms with Gasteiger partial charge in [0.1, 0.15) is 0 Å². The molecule has 0 aromatic heterocycles. The van der Waals surface area contributed by atoms with Crippen molar-refractivity contribution in [3.05, 3.63) is 0 Å². The number of carbonyl (C=O) groups is 2. The van der Waals surface area contributed by atoms with Crippen LogP contribution in [0.5, 0.6) is 0 Å². The van der Waals surface area contributed by atoms with Crippen LogP contribution in [0.25, 0.3) is 0 Å². The van der Waals surface area contributed by atoms with Gasteiger partial charge in [0, 0.05) is 18.9 Å². The van der Waals surface area contributed by atoms with Crippen molar-refractivity contribution in [3.8, 4) is 0 Å². The van der Waals surface area contributed by atoms with Crippen LogP contribution in [0.2, 0.25) is 0 Å².